The first-order valence-corrected chi connectivity index (χ1v) is 8.72. The van der Waals surface area contributed by atoms with Crippen molar-refractivity contribution < 1.29 is 4.79 Å². The van der Waals surface area contributed by atoms with E-state index in [2.05, 4.69) is 22.1 Å². The number of nitrogens with zero attached hydrogens (tertiary/aromatic N) is 2. The van der Waals surface area contributed by atoms with Gasteiger partial charge in [-0.3, -0.25) is 14.7 Å². The topological polar surface area (TPSA) is 45.2 Å². The summed E-state index contributed by atoms with van der Waals surface area (Å²) >= 11 is 0. The second kappa shape index (κ2) is 6.78. The highest BCUT2D eigenvalue weighted by Crippen LogP contribution is 2.38. The highest BCUT2D eigenvalue weighted by Gasteiger charge is 2.47. The fraction of sp³-hybridized carbons (Fsp3) is 0.667. The molecule has 1 aliphatic heterocycles. The molecule has 1 aromatic heterocycles. The van der Waals surface area contributed by atoms with E-state index in [0.29, 0.717) is 0 Å². The maximum absolute atomic E-state index is 13.1. The van der Waals surface area contributed by atoms with Crippen molar-refractivity contribution in [2.45, 2.75) is 63.5 Å². The fourth-order valence-corrected chi connectivity index (χ4v) is 4.10. The summed E-state index contributed by atoms with van der Waals surface area (Å²) in [6.45, 7) is 4.29. The van der Waals surface area contributed by atoms with Gasteiger partial charge >= 0.3 is 0 Å². The Morgan fingerprint density at radius 1 is 1.23 bits per heavy atom. The molecule has 1 aliphatic carbocycles. The highest BCUT2D eigenvalue weighted by atomic mass is 16.2. The molecule has 2 aliphatic rings. The zero-order chi connectivity index (χ0) is 15.4. The average molecular weight is 301 g/mol. The second-order valence-corrected chi connectivity index (χ2v) is 6.65. The maximum Gasteiger partial charge on any atom is 0.241 e. The van der Waals surface area contributed by atoms with Crippen LogP contribution in [0, 0.1) is 0 Å². The Bertz CT molecular complexity index is 490. The zero-order valence-corrected chi connectivity index (χ0v) is 13.6. The SMILES string of the molecule is CCC(NC(=O)C1(N2CCCC2)CCCC1)c1ccncc1. The van der Waals surface area contributed by atoms with Gasteiger partial charge in [0, 0.05) is 12.4 Å². The van der Waals surface area contributed by atoms with Crippen LogP contribution >= 0.6 is 0 Å². The van der Waals surface area contributed by atoms with Gasteiger partial charge in [-0.2, -0.15) is 0 Å². The first-order valence-electron chi connectivity index (χ1n) is 8.72. The van der Waals surface area contributed by atoms with E-state index in [1.807, 2.05) is 12.1 Å². The van der Waals surface area contributed by atoms with Gasteiger partial charge in [0.1, 0.15) is 5.54 Å². The summed E-state index contributed by atoms with van der Waals surface area (Å²) in [5, 5.41) is 3.33. The van der Waals surface area contributed by atoms with Crippen LogP contribution in [0.5, 0.6) is 0 Å². The third-order valence-electron chi connectivity index (χ3n) is 5.39. The Hall–Kier alpha value is -1.42. The first kappa shape index (κ1) is 15.5. The lowest BCUT2D eigenvalue weighted by Crippen LogP contribution is -2.56. The molecule has 3 rings (SSSR count). The van der Waals surface area contributed by atoms with Crippen molar-refractivity contribution in [2.75, 3.05) is 13.1 Å². The molecule has 4 nitrogen and oxygen atoms in total. The Balaban J connectivity index is 1.76. The molecular formula is C18H27N3O. The van der Waals surface area contributed by atoms with Gasteiger partial charge in [-0.25, -0.2) is 0 Å². The Morgan fingerprint density at radius 3 is 2.45 bits per heavy atom. The summed E-state index contributed by atoms with van der Waals surface area (Å²) in [4.78, 5) is 19.7. The largest absolute Gasteiger partial charge is 0.348 e. The van der Waals surface area contributed by atoms with E-state index in [1.54, 1.807) is 12.4 Å². The third kappa shape index (κ3) is 2.89. The van der Waals surface area contributed by atoms with Crippen molar-refractivity contribution in [2.24, 2.45) is 0 Å². The summed E-state index contributed by atoms with van der Waals surface area (Å²) in [5.74, 6) is 0.246. The number of likely N-dealkylation sites (tertiary alicyclic amines) is 1. The van der Waals surface area contributed by atoms with E-state index in [-0.39, 0.29) is 17.5 Å². The molecule has 4 heteroatoms. The number of hydrogen-bond acceptors (Lipinski definition) is 3. The maximum atomic E-state index is 13.1. The van der Waals surface area contributed by atoms with Gasteiger partial charge in [0.05, 0.1) is 6.04 Å². The van der Waals surface area contributed by atoms with Gasteiger partial charge in [0.25, 0.3) is 0 Å². The smallest absolute Gasteiger partial charge is 0.241 e. The number of carbonyl (C=O) groups is 1. The minimum Gasteiger partial charge on any atom is -0.348 e. The molecule has 1 aromatic rings. The molecule has 1 N–H and O–H groups in total. The molecule has 120 valence electrons. The molecular weight excluding hydrogens is 274 g/mol. The number of hydrogen-bond donors (Lipinski definition) is 1. The van der Waals surface area contributed by atoms with Crippen LogP contribution in [-0.4, -0.2) is 34.4 Å². The van der Waals surface area contributed by atoms with Crippen molar-refractivity contribution in [3.8, 4) is 0 Å². The number of aromatic nitrogens is 1. The second-order valence-electron chi connectivity index (χ2n) is 6.65. The quantitative estimate of drug-likeness (QED) is 0.909. The van der Waals surface area contributed by atoms with Gasteiger partial charge in [-0.05, 0) is 62.9 Å². The fourth-order valence-electron chi connectivity index (χ4n) is 4.10. The number of carbonyl (C=O) groups excluding carboxylic acids is 1. The molecule has 1 amide bonds. The Labute approximate surface area is 133 Å². The lowest BCUT2D eigenvalue weighted by Gasteiger charge is -2.38. The summed E-state index contributed by atoms with van der Waals surface area (Å²) in [6.07, 6.45) is 11.4. The van der Waals surface area contributed by atoms with Gasteiger partial charge in [0.15, 0.2) is 0 Å². The van der Waals surface area contributed by atoms with E-state index >= 15 is 0 Å². The predicted molar refractivity (Wildman–Crippen MR) is 87.4 cm³/mol. The molecule has 2 heterocycles. The predicted octanol–water partition coefficient (Wildman–Crippen LogP) is 3.06. The number of pyridine rings is 1. The van der Waals surface area contributed by atoms with Crippen molar-refractivity contribution in [3.63, 3.8) is 0 Å². The summed E-state index contributed by atoms with van der Waals surface area (Å²) in [7, 11) is 0. The molecule has 1 saturated carbocycles. The number of amides is 1. The first-order chi connectivity index (χ1) is 10.8. The van der Waals surface area contributed by atoms with E-state index < -0.39 is 0 Å². The van der Waals surface area contributed by atoms with Gasteiger partial charge in [-0.15, -0.1) is 0 Å². The summed E-state index contributed by atoms with van der Waals surface area (Å²) in [6, 6.07) is 4.10. The van der Waals surface area contributed by atoms with Crippen molar-refractivity contribution >= 4 is 5.91 Å². The monoisotopic (exact) mass is 301 g/mol. The van der Waals surface area contributed by atoms with Crippen LogP contribution in [0.3, 0.4) is 0 Å². The summed E-state index contributed by atoms with van der Waals surface area (Å²) in [5.41, 5.74) is 0.914. The minimum atomic E-state index is -0.239. The van der Waals surface area contributed by atoms with Crippen molar-refractivity contribution in [3.05, 3.63) is 30.1 Å². The van der Waals surface area contributed by atoms with Gasteiger partial charge < -0.3 is 5.32 Å². The molecule has 22 heavy (non-hydrogen) atoms. The van der Waals surface area contributed by atoms with Crippen LogP contribution in [0.25, 0.3) is 0 Å². The van der Waals surface area contributed by atoms with Crippen LogP contribution in [0.2, 0.25) is 0 Å². The lowest BCUT2D eigenvalue weighted by molar-refractivity contribution is -0.133. The van der Waals surface area contributed by atoms with Crippen LogP contribution in [0.4, 0.5) is 0 Å². The van der Waals surface area contributed by atoms with Crippen LogP contribution in [0.1, 0.15) is 63.5 Å². The highest BCUT2D eigenvalue weighted by molar-refractivity contribution is 5.87. The molecule has 1 unspecified atom stereocenters. The molecule has 1 saturated heterocycles. The summed E-state index contributed by atoms with van der Waals surface area (Å²) < 4.78 is 0. The number of nitrogens with one attached hydrogen (secondary N) is 1. The molecule has 0 aromatic carbocycles. The molecule has 1 atom stereocenters. The van der Waals surface area contributed by atoms with E-state index in [9.17, 15) is 4.79 Å². The Kier molecular flexibility index (Phi) is 4.77. The molecule has 2 fully saturated rings. The van der Waals surface area contributed by atoms with Crippen molar-refractivity contribution in [1.82, 2.24) is 15.2 Å². The molecule has 0 spiro atoms. The van der Waals surface area contributed by atoms with E-state index in [1.165, 1.54) is 25.7 Å². The van der Waals surface area contributed by atoms with Crippen molar-refractivity contribution in [1.29, 1.82) is 0 Å². The van der Waals surface area contributed by atoms with Gasteiger partial charge in [-0.1, -0.05) is 19.8 Å². The molecule has 0 radical (unpaired) electrons. The lowest BCUT2D eigenvalue weighted by atomic mass is 9.92. The minimum absolute atomic E-state index is 0.0931. The average Bonchev–Trinajstić information content (AvgIpc) is 3.24. The van der Waals surface area contributed by atoms with Crippen LogP contribution in [0.15, 0.2) is 24.5 Å². The van der Waals surface area contributed by atoms with Gasteiger partial charge in [0.2, 0.25) is 5.91 Å². The molecule has 0 bridgehead atoms. The van der Waals surface area contributed by atoms with Crippen LogP contribution < -0.4 is 5.32 Å². The van der Waals surface area contributed by atoms with Crippen LogP contribution in [-0.2, 0) is 4.79 Å². The van der Waals surface area contributed by atoms with E-state index in [0.717, 1.165) is 37.9 Å². The Morgan fingerprint density at radius 2 is 1.86 bits per heavy atom. The zero-order valence-electron chi connectivity index (χ0n) is 13.6. The van der Waals surface area contributed by atoms with E-state index in [4.69, 9.17) is 0 Å². The number of rotatable bonds is 5. The standard InChI is InChI=1S/C18H27N3O/c1-2-16(15-7-11-19-12-8-15)20-17(22)18(9-3-4-10-18)21-13-5-6-14-21/h7-8,11-12,16H,2-6,9-10,13-14H2,1H3,(H,20,22). The third-order valence-corrected chi connectivity index (χ3v) is 5.39. The normalized spacial score (nSPS) is 22.6.